The van der Waals surface area contributed by atoms with Gasteiger partial charge in [0, 0.05) is 17.9 Å². The second kappa shape index (κ2) is 6.03. The van der Waals surface area contributed by atoms with E-state index in [-0.39, 0.29) is 0 Å². The largest absolute Gasteiger partial charge is 0.355 e. The second-order valence-electron chi connectivity index (χ2n) is 4.75. The predicted octanol–water partition coefficient (Wildman–Crippen LogP) is 3.94. The number of rotatable bonds is 4. The zero-order valence-electron chi connectivity index (χ0n) is 12.1. The number of aromatic nitrogens is 1. The average Bonchev–Trinajstić information content (AvgIpc) is 2.91. The van der Waals surface area contributed by atoms with E-state index in [9.17, 15) is 4.79 Å². The fraction of sp³-hybridized carbons (Fsp3) is 0.125. The van der Waals surface area contributed by atoms with Crippen molar-refractivity contribution in [2.45, 2.75) is 6.92 Å². The van der Waals surface area contributed by atoms with E-state index in [1.54, 1.807) is 0 Å². The van der Waals surface area contributed by atoms with Gasteiger partial charge < -0.3 is 11.1 Å². The number of para-hydroxylation sites is 1. The molecule has 22 heavy (non-hydrogen) atoms. The third kappa shape index (κ3) is 2.87. The van der Waals surface area contributed by atoms with Gasteiger partial charge in [-0.1, -0.05) is 29.5 Å². The molecular weight excluding hydrogens is 296 g/mol. The number of nitrogens with two attached hydrogens (primary N) is 1. The van der Waals surface area contributed by atoms with Crippen molar-refractivity contribution in [3.8, 4) is 0 Å². The number of anilines is 3. The molecule has 5 nitrogen and oxygen atoms in total. The highest BCUT2D eigenvalue weighted by Crippen LogP contribution is 2.31. The molecule has 0 aliphatic heterocycles. The number of benzene rings is 2. The standard InChI is InChI=1S/C16H16N4OS/c1-2-20(15(17)21)16-19-13-9-8-12(10-14(13)22-16)18-11-6-4-3-5-7-11/h3-10,18H,2H2,1H3,(H2,17,21). The zero-order valence-corrected chi connectivity index (χ0v) is 12.9. The van der Waals surface area contributed by atoms with Gasteiger partial charge in [-0.3, -0.25) is 4.90 Å². The Labute approximate surface area is 132 Å². The molecule has 0 aliphatic carbocycles. The summed E-state index contributed by atoms with van der Waals surface area (Å²) in [5.74, 6) is 0. The van der Waals surface area contributed by atoms with E-state index < -0.39 is 6.03 Å². The minimum absolute atomic E-state index is 0.482. The van der Waals surface area contributed by atoms with Gasteiger partial charge >= 0.3 is 6.03 Å². The van der Waals surface area contributed by atoms with Gasteiger partial charge in [-0.2, -0.15) is 0 Å². The molecule has 0 bridgehead atoms. The van der Waals surface area contributed by atoms with Crippen molar-refractivity contribution in [3.05, 3.63) is 48.5 Å². The van der Waals surface area contributed by atoms with Gasteiger partial charge in [-0.15, -0.1) is 0 Å². The maximum Gasteiger partial charge on any atom is 0.321 e. The van der Waals surface area contributed by atoms with Crippen LogP contribution in [0, 0.1) is 0 Å². The molecule has 3 rings (SSSR count). The zero-order chi connectivity index (χ0) is 15.5. The first-order valence-electron chi connectivity index (χ1n) is 6.97. The highest BCUT2D eigenvalue weighted by atomic mass is 32.1. The highest BCUT2D eigenvalue weighted by molar-refractivity contribution is 7.22. The normalized spacial score (nSPS) is 10.6. The summed E-state index contributed by atoms with van der Waals surface area (Å²) in [6.45, 7) is 2.38. The highest BCUT2D eigenvalue weighted by Gasteiger charge is 2.15. The molecule has 1 heterocycles. The lowest BCUT2D eigenvalue weighted by Crippen LogP contribution is -2.35. The molecule has 0 unspecified atom stereocenters. The first-order chi connectivity index (χ1) is 10.7. The first kappa shape index (κ1) is 14.3. The van der Waals surface area contributed by atoms with Crippen LogP contribution in [0.5, 0.6) is 0 Å². The fourth-order valence-electron chi connectivity index (χ4n) is 2.18. The van der Waals surface area contributed by atoms with Crippen molar-refractivity contribution in [2.24, 2.45) is 5.73 Å². The molecule has 0 aliphatic rings. The molecule has 112 valence electrons. The number of carbonyl (C=O) groups excluding carboxylic acids is 1. The molecule has 0 spiro atoms. The summed E-state index contributed by atoms with van der Waals surface area (Å²) >= 11 is 1.46. The Morgan fingerprint density at radius 1 is 1.23 bits per heavy atom. The first-order valence-corrected chi connectivity index (χ1v) is 7.78. The molecule has 6 heteroatoms. The van der Waals surface area contributed by atoms with E-state index in [2.05, 4.69) is 10.3 Å². The Balaban J connectivity index is 1.91. The Bertz CT molecular complexity index is 800. The summed E-state index contributed by atoms with van der Waals surface area (Å²) < 4.78 is 1.01. The van der Waals surface area contributed by atoms with Crippen molar-refractivity contribution in [1.82, 2.24) is 4.98 Å². The smallest absolute Gasteiger partial charge is 0.321 e. The molecule has 3 N–H and O–H groups in total. The summed E-state index contributed by atoms with van der Waals surface area (Å²) in [5, 5.41) is 3.97. The lowest BCUT2D eigenvalue weighted by atomic mass is 10.2. The average molecular weight is 312 g/mol. The van der Waals surface area contributed by atoms with Gasteiger partial charge in [0.05, 0.1) is 10.2 Å². The number of thiazole rings is 1. The number of urea groups is 1. The number of nitrogens with one attached hydrogen (secondary N) is 1. The summed E-state index contributed by atoms with van der Waals surface area (Å²) in [7, 11) is 0. The number of primary amides is 1. The van der Waals surface area contributed by atoms with E-state index in [0.717, 1.165) is 21.6 Å². The van der Waals surface area contributed by atoms with Gasteiger partial charge in [0.25, 0.3) is 0 Å². The molecule has 0 fully saturated rings. The van der Waals surface area contributed by atoms with Crippen LogP contribution in [0.15, 0.2) is 48.5 Å². The van der Waals surface area contributed by atoms with Crippen LogP contribution in [0.25, 0.3) is 10.2 Å². The minimum atomic E-state index is -0.482. The molecule has 0 saturated heterocycles. The summed E-state index contributed by atoms with van der Waals surface area (Å²) in [6.07, 6.45) is 0. The van der Waals surface area contributed by atoms with E-state index in [1.807, 2.05) is 55.5 Å². The van der Waals surface area contributed by atoms with Gasteiger partial charge in [0.15, 0.2) is 5.13 Å². The van der Waals surface area contributed by atoms with E-state index in [1.165, 1.54) is 16.2 Å². The van der Waals surface area contributed by atoms with Gasteiger partial charge in [0.1, 0.15) is 0 Å². The van der Waals surface area contributed by atoms with Crippen molar-refractivity contribution >= 4 is 44.1 Å². The minimum Gasteiger partial charge on any atom is -0.355 e. The Morgan fingerprint density at radius 2 is 2.00 bits per heavy atom. The van der Waals surface area contributed by atoms with Crippen LogP contribution in [0.1, 0.15) is 6.92 Å². The monoisotopic (exact) mass is 312 g/mol. The predicted molar refractivity (Wildman–Crippen MR) is 91.9 cm³/mol. The van der Waals surface area contributed by atoms with Gasteiger partial charge in [-0.05, 0) is 37.3 Å². The molecule has 2 amide bonds. The summed E-state index contributed by atoms with van der Waals surface area (Å²) in [6, 6.07) is 15.4. The third-order valence-corrected chi connectivity index (χ3v) is 4.29. The summed E-state index contributed by atoms with van der Waals surface area (Å²) in [5.41, 5.74) is 8.24. The van der Waals surface area contributed by atoms with Crippen molar-refractivity contribution in [2.75, 3.05) is 16.8 Å². The number of hydrogen-bond acceptors (Lipinski definition) is 4. The number of nitrogens with zero attached hydrogens (tertiary/aromatic N) is 2. The van der Waals surface area contributed by atoms with Crippen LogP contribution >= 0.6 is 11.3 Å². The van der Waals surface area contributed by atoms with Crippen LogP contribution in [0.2, 0.25) is 0 Å². The van der Waals surface area contributed by atoms with Crippen LogP contribution in [0.4, 0.5) is 21.3 Å². The number of carbonyl (C=O) groups is 1. The lowest BCUT2D eigenvalue weighted by molar-refractivity contribution is 0.254. The number of fused-ring (bicyclic) bond motifs is 1. The third-order valence-electron chi connectivity index (χ3n) is 3.25. The molecular formula is C16H16N4OS. The van der Waals surface area contributed by atoms with Crippen molar-refractivity contribution < 1.29 is 4.79 Å². The van der Waals surface area contributed by atoms with Crippen molar-refractivity contribution in [1.29, 1.82) is 0 Å². The molecule has 0 saturated carbocycles. The Morgan fingerprint density at radius 3 is 2.68 bits per heavy atom. The van der Waals surface area contributed by atoms with E-state index >= 15 is 0 Å². The van der Waals surface area contributed by atoms with Gasteiger partial charge in [-0.25, -0.2) is 9.78 Å². The second-order valence-corrected chi connectivity index (χ2v) is 5.76. The van der Waals surface area contributed by atoms with Crippen molar-refractivity contribution in [3.63, 3.8) is 0 Å². The topological polar surface area (TPSA) is 71.2 Å². The van der Waals surface area contributed by atoms with Crippen LogP contribution < -0.4 is 16.0 Å². The molecule has 0 atom stereocenters. The fourth-order valence-corrected chi connectivity index (χ4v) is 3.25. The van der Waals surface area contributed by atoms with E-state index in [0.29, 0.717) is 11.7 Å². The van der Waals surface area contributed by atoms with Crippen LogP contribution in [0.3, 0.4) is 0 Å². The molecule has 1 aromatic heterocycles. The van der Waals surface area contributed by atoms with Crippen LogP contribution in [-0.4, -0.2) is 17.6 Å². The molecule has 2 aromatic carbocycles. The quantitative estimate of drug-likeness (QED) is 0.766. The van der Waals surface area contributed by atoms with Gasteiger partial charge in [0.2, 0.25) is 0 Å². The molecule has 0 radical (unpaired) electrons. The summed E-state index contributed by atoms with van der Waals surface area (Å²) in [4.78, 5) is 17.4. The maximum atomic E-state index is 11.4. The SMILES string of the molecule is CCN(C(N)=O)c1nc2ccc(Nc3ccccc3)cc2s1. The molecule has 3 aromatic rings. The Hall–Kier alpha value is -2.60. The number of amides is 2. The van der Waals surface area contributed by atoms with E-state index in [4.69, 9.17) is 5.73 Å². The Kier molecular flexibility index (Phi) is 3.93. The van der Waals surface area contributed by atoms with Crippen LogP contribution in [-0.2, 0) is 0 Å². The maximum absolute atomic E-state index is 11.4. The lowest BCUT2D eigenvalue weighted by Gasteiger charge is -2.13. The number of hydrogen-bond donors (Lipinski definition) is 2.